The van der Waals surface area contributed by atoms with E-state index in [4.69, 9.17) is 9.84 Å². The number of rotatable bonds is 6. The number of aliphatic hydroxyl groups is 1. The molecule has 2 heterocycles. The van der Waals surface area contributed by atoms with E-state index in [1.165, 1.54) is 6.08 Å². The average Bonchev–Trinajstić information content (AvgIpc) is 3.49. The van der Waals surface area contributed by atoms with Gasteiger partial charge >= 0.3 is 149 Å². The summed E-state index contributed by atoms with van der Waals surface area (Å²) in [6.07, 6.45) is -9.99. The maximum absolute atomic E-state index is 12.7. The molecule has 0 aromatic rings. The molecule has 0 saturated carbocycles. The van der Waals surface area contributed by atoms with Crippen molar-refractivity contribution in [2.24, 2.45) is 11.3 Å². The van der Waals surface area contributed by atoms with Crippen molar-refractivity contribution < 1.29 is 50.5 Å². The van der Waals surface area contributed by atoms with E-state index in [-0.39, 0.29) is 21.4 Å². The zero-order valence-electron chi connectivity index (χ0n) is 16.4. The number of fused-ring (bicyclic) bond motifs is 1. The molecule has 176 valence electrons. The number of allylic oxidation sites excluding steroid dienone is 3. The number of esters is 2. The molecule has 3 aliphatic rings. The molecule has 2 fully saturated rings. The number of ether oxygens (including phenoxy) is 2. The van der Waals surface area contributed by atoms with Crippen molar-refractivity contribution in [2.75, 3.05) is 6.61 Å². The fourth-order valence-electron chi connectivity index (χ4n) is 2.79. The van der Waals surface area contributed by atoms with Crippen molar-refractivity contribution in [3.63, 3.8) is 0 Å². The Bertz CT molecular complexity index is 846. The second-order valence-corrected chi connectivity index (χ2v) is 12.3. The van der Waals surface area contributed by atoms with Gasteiger partial charge in [0.05, 0.1) is 0 Å². The Morgan fingerprint density at radius 1 is 1.16 bits per heavy atom. The van der Waals surface area contributed by atoms with E-state index in [1.807, 2.05) is 0 Å². The molecule has 1 atom stereocenters. The molecule has 0 spiro atoms. The second-order valence-electron chi connectivity index (χ2n) is 7.94. The average molecular weight is 572 g/mol. The Kier molecular flexibility index (Phi) is 5.72. The van der Waals surface area contributed by atoms with Gasteiger partial charge < -0.3 is 5.11 Å². The van der Waals surface area contributed by atoms with Crippen LogP contribution in [0.4, 0.5) is 26.3 Å². The quantitative estimate of drug-likeness (QED) is 0.0853. The molecule has 1 unspecified atom stereocenters. The standard InChI is InChI=1S/C17H19F6IN2O5/c1-8-6-9(11(27)30-7-14(29,15(18,19)20)16(21,22)23)4-5-10(8)31-12(28)13(2,3)17-24(25-17)26-17/h4-5,8,25-26,29H,6-7H2,1-3H3. The number of nitrogens with one attached hydrogen (secondary N) is 2. The third-order valence-electron chi connectivity index (χ3n) is 5.32. The first-order chi connectivity index (χ1) is 14.0. The number of alkyl halides is 7. The Labute approximate surface area is 180 Å². The van der Waals surface area contributed by atoms with Gasteiger partial charge in [0, 0.05) is 0 Å². The van der Waals surface area contributed by atoms with Crippen LogP contribution in [0.5, 0.6) is 0 Å². The minimum atomic E-state index is -6.09. The van der Waals surface area contributed by atoms with E-state index in [2.05, 4.69) is 11.8 Å². The molecule has 14 heteroatoms. The predicted molar refractivity (Wildman–Crippen MR) is 101 cm³/mol. The van der Waals surface area contributed by atoms with Crippen LogP contribution in [0.1, 0.15) is 27.2 Å². The summed E-state index contributed by atoms with van der Waals surface area (Å²) in [6, 6.07) is 0. The summed E-state index contributed by atoms with van der Waals surface area (Å²) in [6.45, 7) is 2.66. The second kappa shape index (κ2) is 7.31. The molecule has 31 heavy (non-hydrogen) atoms. The van der Waals surface area contributed by atoms with Gasteiger partial charge in [-0.15, -0.1) is 0 Å². The summed E-state index contributed by atoms with van der Waals surface area (Å²) in [5.74, 6) is -2.32. The fraction of sp³-hybridized carbons (Fsp3) is 0.647. The molecular weight excluding hydrogens is 553 g/mol. The Balaban J connectivity index is 1.65. The Morgan fingerprint density at radius 3 is 2.10 bits per heavy atom. The van der Waals surface area contributed by atoms with E-state index in [0.717, 1.165) is 6.08 Å². The summed E-state index contributed by atoms with van der Waals surface area (Å²) in [4.78, 5) is 24.5. The number of halogens is 7. The van der Waals surface area contributed by atoms with Crippen LogP contribution in [0.15, 0.2) is 23.5 Å². The van der Waals surface area contributed by atoms with E-state index in [9.17, 15) is 35.9 Å². The van der Waals surface area contributed by atoms with Gasteiger partial charge in [-0.1, -0.05) is 0 Å². The Morgan fingerprint density at radius 2 is 1.68 bits per heavy atom. The summed E-state index contributed by atoms with van der Waals surface area (Å²) in [5, 5.41) is 9.05. The van der Waals surface area contributed by atoms with Crippen molar-refractivity contribution in [1.29, 1.82) is 0 Å². The van der Waals surface area contributed by atoms with E-state index in [1.54, 1.807) is 20.8 Å². The van der Waals surface area contributed by atoms with Crippen LogP contribution in [0, 0.1) is 11.3 Å². The number of carbonyl (C=O) groups excluding carboxylic acids is 2. The first-order valence-electron chi connectivity index (χ1n) is 8.88. The monoisotopic (exact) mass is 572 g/mol. The predicted octanol–water partition coefficient (Wildman–Crippen LogP) is 3.00. The van der Waals surface area contributed by atoms with Crippen LogP contribution in [0.25, 0.3) is 0 Å². The van der Waals surface area contributed by atoms with Gasteiger partial charge in [-0.3, -0.25) is 0 Å². The molecule has 0 bridgehead atoms. The van der Waals surface area contributed by atoms with Gasteiger partial charge in [0.1, 0.15) is 0 Å². The van der Waals surface area contributed by atoms with Gasteiger partial charge in [-0.05, 0) is 0 Å². The van der Waals surface area contributed by atoms with Gasteiger partial charge in [-0.25, -0.2) is 0 Å². The fourth-order valence-corrected chi connectivity index (χ4v) is 8.36. The van der Waals surface area contributed by atoms with Crippen molar-refractivity contribution in [3.8, 4) is 0 Å². The van der Waals surface area contributed by atoms with Crippen LogP contribution in [0.3, 0.4) is 0 Å². The molecule has 7 nitrogen and oxygen atoms in total. The first kappa shape index (κ1) is 24.3. The van der Waals surface area contributed by atoms with E-state index < -0.39 is 68.2 Å². The summed E-state index contributed by atoms with van der Waals surface area (Å²) < 4.78 is 91.7. The molecule has 0 aromatic carbocycles. The van der Waals surface area contributed by atoms with Crippen LogP contribution in [-0.2, 0) is 19.1 Å². The molecule has 0 radical (unpaired) electrons. The number of hydrogen-bond acceptors (Lipinski definition) is 7. The Hall–Kier alpha value is -1.39. The molecule has 0 amide bonds. The normalized spacial score (nSPS) is 23.9. The molecule has 3 N–H and O–H groups in total. The van der Waals surface area contributed by atoms with Gasteiger partial charge in [0.15, 0.2) is 0 Å². The third kappa shape index (κ3) is 4.06. The molecule has 3 rings (SSSR count). The molecule has 0 aromatic heterocycles. The number of hydrogen-bond donors (Lipinski definition) is 3. The van der Waals surface area contributed by atoms with Crippen molar-refractivity contribution in [2.45, 2.75) is 48.8 Å². The van der Waals surface area contributed by atoms with Crippen LogP contribution < -0.4 is 7.06 Å². The van der Waals surface area contributed by atoms with Gasteiger partial charge in [0.2, 0.25) is 0 Å². The van der Waals surface area contributed by atoms with Crippen LogP contribution in [-0.4, -0.2) is 45.3 Å². The van der Waals surface area contributed by atoms with Gasteiger partial charge in [-0.2, -0.15) is 26.3 Å². The number of carbonyl (C=O) groups is 2. The zero-order chi connectivity index (χ0) is 23.6. The molecule has 2 aliphatic heterocycles. The van der Waals surface area contributed by atoms with Crippen molar-refractivity contribution in [1.82, 2.24) is 7.06 Å². The van der Waals surface area contributed by atoms with Crippen molar-refractivity contribution >= 4 is 32.3 Å². The minimum absolute atomic E-state index is 0.144. The third-order valence-corrected chi connectivity index (χ3v) is 10.4. The first-order valence-corrected chi connectivity index (χ1v) is 12.1. The molecule has 1 aliphatic carbocycles. The zero-order valence-corrected chi connectivity index (χ0v) is 18.5. The maximum atomic E-state index is 12.7. The van der Waals surface area contributed by atoms with E-state index in [0.29, 0.717) is 0 Å². The summed E-state index contributed by atoms with van der Waals surface area (Å²) in [5.41, 5.74) is -6.24. The summed E-state index contributed by atoms with van der Waals surface area (Å²) in [7, 11) is 0. The van der Waals surface area contributed by atoms with Crippen LogP contribution in [0.2, 0.25) is 0 Å². The van der Waals surface area contributed by atoms with Gasteiger partial charge in [0.25, 0.3) is 0 Å². The topological polar surface area (TPSA) is 117 Å². The summed E-state index contributed by atoms with van der Waals surface area (Å²) >= 11 is -1.42. The van der Waals surface area contributed by atoms with Crippen LogP contribution >= 0.6 is 20.4 Å². The molecule has 2 saturated heterocycles. The SMILES string of the molecule is CC1CC(C(=O)OCC(O)(C(F)(F)F)C(F)(F)F)=CC=C1OC(=O)C(C)(C)C12NI1N2. The van der Waals surface area contributed by atoms with E-state index >= 15 is 0 Å². The van der Waals surface area contributed by atoms with Crippen molar-refractivity contribution in [3.05, 3.63) is 23.5 Å². The molecular formula is C17H19F6IN2O5.